The first-order valence-corrected chi connectivity index (χ1v) is 6.17. The van der Waals surface area contributed by atoms with Gasteiger partial charge in [-0.1, -0.05) is 30.3 Å². The molecule has 0 aliphatic carbocycles. The van der Waals surface area contributed by atoms with Crippen molar-refractivity contribution in [3.8, 4) is 5.75 Å². The highest BCUT2D eigenvalue weighted by molar-refractivity contribution is 5.34. The van der Waals surface area contributed by atoms with Crippen LogP contribution in [0.25, 0.3) is 0 Å². The zero-order valence-corrected chi connectivity index (χ0v) is 10.9. The van der Waals surface area contributed by atoms with Crippen molar-refractivity contribution < 1.29 is 17.9 Å². The number of ether oxygens (including phenoxy) is 1. The van der Waals surface area contributed by atoms with Crippen molar-refractivity contribution in [1.29, 1.82) is 0 Å². The van der Waals surface area contributed by atoms with Gasteiger partial charge in [-0.15, -0.1) is 0 Å². The molecule has 5 heteroatoms. The molecule has 0 aliphatic rings. The molecule has 0 radical (unpaired) electrons. The van der Waals surface area contributed by atoms with Crippen molar-refractivity contribution >= 4 is 0 Å². The number of hydrogen-bond donors (Lipinski definition) is 0. The summed E-state index contributed by atoms with van der Waals surface area (Å²) in [7, 11) is 0. The van der Waals surface area contributed by atoms with Crippen molar-refractivity contribution in [3.05, 3.63) is 59.4 Å². The van der Waals surface area contributed by atoms with Gasteiger partial charge < -0.3 is 4.74 Å². The predicted octanol–water partition coefficient (Wildman–Crippen LogP) is 4.03. The van der Waals surface area contributed by atoms with E-state index in [0.29, 0.717) is 12.1 Å². The van der Waals surface area contributed by atoms with Crippen molar-refractivity contribution in [3.63, 3.8) is 0 Å². The fraction of sp³-hybridized carbons (Fsp3) is 0.267. The molecule has 0 amide bonds. The maximum absolute atomic E-state index is 12.9. The van der Waals surface area contributed by atoms with E-state index in [2.05, 4.69) is 4.98 Å². The van der Waals surface area contributed by atoms with E-state index in [1.54, 1.807) is 0 Å². The van der Waals surface area contributed by atoms with E-state index in [1.165, 1.54) is 6.92 Å². The van der Waals surface area contributed by atoms with Crippen molar-refractivity contribution in [2.45, 2.75) is 19.5 Å². The van der Waals surface area contributed by atoms with Crippen LogP contribution in [-0.2, 0) is 12.6 Å². The van der Waals surface area contributed by atoms with Gasteiger partial charge in [0.25, 0.3) is 0 Å². The van der Waals surface area contributed by atoms with Gasteiger partial charge in [0.1, 0.15) is 11.3 Å². The molecule has 0 N–H and O–H groups in total. The predicted molar refractivity (Wildman–Crippen MR) is 69.6 cm³/mol. The van der Waals surface area contributed by atoms with E-state index in [9.17, 15) is 13.2 Å². The molecule has 0 saturated carbocycles. The van der Waals surface area contributed by atoms with Crippen LogP contribution in [0, 0.1) is 6.92 Å². The number of aryl methyl sites for hydroxylation is 1. The monoisotopic (exact) mass is 281 g/mol. The Balaban J connectivity index is 2.06. The van der Waals surface area contributed by atoms with Crippen LogP contribution in [0.3, 0.4) is 0 Å². The molecule has 0 atom stereocenters. The van der Waals surface area contributed by atoms with Crippen molar-refractivity contribution in [2.24, 2.45) is 0 Å². The van der Waals surface area contributed by atoms with Crippen LogP contribution >= 0.6 is 0 Å². The first-order chi connectivity index (χ1) is 9.47. The second-order valence-corrected chi connectivity index (χ2v) is 4.40. The van der Waals surface area contributed by atoms with Gasteiger partial charge in [0.15, 0.2) is 0 Å². The lowest BCUT2D eigenvalue weighted by atomic mass is 10.2. The lowest BCUT2D eigenvalue weighted by Crippen LogP contribution is -2.11. The molecule has 0 unspecified atom stereocenters. The Hall–Kier alpha value is -2.04. The average Bonchev–Trinajstić information content (AvgIpc) is 2.40. The first-order valence-electron chi connectivity index (χ1n) is 6.17. The molecule has 0 aliphatic heterocycles. The van der Waals surface area contributed by atoms with E-state index < -0.39 is 11.7 Å². The summed E-state index contributed by atoms with van der Waals surface area (Å²) in [4.78, 5) is 3.85. The zero-order chi connectivity index (χ0) is 14.6. The summed E-state index contributed by atoms with van der Waals surface area (Å²) >= 11 is 0. The highest BCUT2D eigenvalue weighted by Crippen LogP contribution is 2.36. The second-order valence-electron chi connectivity index (χ2n) is 4.40. The molecule has 106 valence electrons. The van der Waals surface area contributed by atoms with Gasteiger partial charge in [0.2, 0.25) is 0 Å². The number of rotatable bonds is 4. The molecule has 0 fully saturated rings. The number of hydrogen-bond acceptors (Lipinski definition) is 2. The molecular weight excluding hydrogens is 267 g/mol. The van der Waals surface area contributed by atoms with Crippen molar-refractivity contribution in [1.82, 2.24) is 4.98 Å². The van der Waals surface area contributed by atoms with Gasteiger partial charge in [-0.3, -0.25) is 4.98 Å². The SMILES string of the molecule is Cc1cc(C(F)(F)F)c(OCCc2ccccc2)cn1. The molecule has 1 aromatic carbocycles. The third kappa shape index (κ3) is 3.73. The smallest absolute Gasteiger partial charge is 0.420 e. The Morgan fingerprint density at radius 3 is 2.50 bits per heavy atom. The maximum Gasteiger partial charge on any atom is 0.420 e. The summed E-state index contributed by atoms with van der Waals surface area (Å²) in [6, 6.07) is 10.4. The fourth-order valence-electron chi connectivity index (χ4n) is 1.81. The standard InChI is InChI=1S/C15H14F3NO/c1-11-9-13(15(16,17)18)14(10-19-11)20-8-7-12-5-3-2-4-6-12/h2-6,9-10H,7-8H2,1H3. The molecule has 2 nitrogen and oxygen atoms in total. The summed E-state index contributed by atoms with van der Waals surface area (Å²) in [5.41, 5.74) is 0.548. The number of nitrogens with zero attached hydrogens (tertiary/aromatic N) is 1. The van der Waals surface area contributed by atoms with Gasteiger partial charge in [-0.05, 0) is 18.6 Å². The van der Waals surface area contributed by atoms with Gasteiger partial charge in [0.05, 0.1) is 12.8 Å². The van der Waals surface area contributed by atoms with Gasteiger partial charge in [0, 0.05) is 12.1 Å². The van der Waals surface area contributed by atoms with Crippen LogP contribution in [0.1, 0.15) is 16.8 Å². The second kappa shape index (κ2) is 5.94. The quantitative estimate of drug-likeness (QED) is 0.844. The van der Waals surface area contributed by atoms with E-state index in [-0.39, 0.29) is 12.4 Å². The molecule has 2 rings (SSSR count). The van der Waals surface area contributed by atoms with Crippen LogP contribution in [0.15, 0.2) is 42.6 Å². The molecular formula is C15H14F3NO. The minimum Gasteiger partial charge on any atom is -0.491 e. The molecule has 20 heavy (non-hydrogen) atoms. The lowest BCUT2D eigenvalue weighted by molar-refractivity contribution is -0.139. The van der Waals surface area contributed by atoms with Gasteiger partial charge in [-0.25, -0.2) is 0 Å². The van der Waals surface area contributed by atoms with E-state index in [1.807, 2.05) is 30.3 Å². The largest absolute Gasteiger partial charge is 0.491 e. The minimum absolute atomic E-state index is 0.178. The Bertz CT molecular complexity index is 567. The third-order valence-corrected chi connectivity index (χ3v) is 2.80. The number of benzene rings is 1. The first kappa shape index (κ1) is 14.4. The average molecular weight is 281 g/mol. The number of aromatic nitrogens is 1. The summed E-state index contributed by atoms with van der Waals surface area (Å²) in [6.45, 7) is 1.70. The molecule has 0 spiro atoms. The van der Waals surface area contributed by atoms with Crippen LogP contribution in [0.4, 0.5) is 13.2 Å². The van der Waals surface area contributed by atoms with Gasteiger partial charge in [-0.2, -0.15) is 13.2 Å². The summed E-state index contributed by atoms with van der Waals surface area (Å²) in [5, 5.41) is 0. The van der Waals surface area contributed by atoms with E-state index >= 15 is 0 Å². The third-order valence-electron chi connectivity index (χ3n) is 2.80. The van der Waals surface area contributed by atoms with Gasteiger partial charge >= 0.3 is 6.18 Å². The van der Waals surface area contributed by atoms with Crippen LogP contribution < -0.4 is 4.74 Å². The minimum atomic E-state index is -4.43. The Labute approximate surface area is 115 Å². The normalized spacial score (nSPS) is 11.4. The number of halogens is 3. The molecule has 1 aromatic heterocycles. The topological polar surface area (TPSA) is 22.1 Å². The zero-order valence-electron chi connectivity index (χ0n) is 10.9. The van der Waals surface area contributed by atoms with E-state index in [0.717, 1.165) is 17.8 Å². The molecule has 0 saturated heterocycles. The summed E-state index contributed by atoms with van der Waals surface area (Å²) in [6.07, 6.45) is -2.76. The summed E-state index contributed by atoms with van der Waals surface area (Å²) in [5.74, 6) is -0.223. The van der Waals surface area contributed by atoms with Crippen LogP contribution in [0.2, 0.25) is 0 Å². The Morgan fingerprint density at radius 2 is 1.85 bits per heavy atom. The molecule has 2 aromatic rings. The fourth-order valence-corrected chi connectivity index (χ4v) is 1.81. The molecule has 1 heterocycles. The van der Waals surface area contributed by atoms with Crippen LogP contribution in [0.5, 0.6) is 5.75 Å². The summed E-state index contributed by atoms with van der Waals surface area (Å²) < 4.78 is 43.9. The Kier molecular flexibility index (Phi) is 4.27. The number of alkyl halides is 3. The molecule has 0 bridgehead atoms. The van der Waals surface area contributed by atoms with Crippen molar-refractivity contribution in [2.75, 3.05) is 6.61 Å². The highest BCUT2D eigenvalue weighted by atomic mass is 19.4. The maximum atomic E-state index is 12.9. The lowest BCUT2D eigenvalue weighted by Gasteiger charge is -2.14. The van der Waals surface area contributed by atoms with E-state index in [4.69, 9.17) is 4.74 Å². The van der Waals surface area contributed by atoms with Crippen LogP contribution in [-0.4, -0.2) is 11.6 Å². The Morgan fingerprint density at radius 1 is 1.15 bits per heavy atom. The number of pyridine rings is 1. The highest BCUT2D eigenvalue weighted by Gasteiger charge is 2.34.